The van der Waals surface area contributed by atoms with E-state index in [4.69, 9.17) is 15.2 Å². The van der Waals surface area contributed by atoms with E-state index in [1.165, 1.54) is 31.2 Å². The van der Waals surface area contributed by atoms with Crippen molar-refractivity contribution in [2.24, 2.45) is 11.7 Å². The quantitative estimate of drug-likeness (QED) is 0.906. The fourth-order valence-corrected chi connectivity index (χ4v) is 3.50. The van der Waals surface area contributed by atoms with E-state index in [0.717, 1.165) is 30.4 Å². The highest BCUT2D eigenvalue weighted by Crippen LogP contribution is 2.41. The van der Waals surface area contributed by atoms with Crippen LogP contribution < -0.4 is 15.2 Å². The summed E-state index contributed by atoms with van der Waals surface area (Å²) in [6.07, 6.45) is 6.51. The SMILES string of the molecule is NCCC(c1ccc2c(c1)OCCO2)C1CCCC1. The summed E-state index contributed by atoms with van der Waals surface area (Å²) in [6.45, 7) is 2.07. The van der Waals surface area contributed by atoms with Crippen molar-refractivity contribution in [3.8, 4) is 11.5 Å². The fourth-order valence-electron chi connectivity index (χ4n) is 3.50. The molecule has 3 rings (SSSR count). The number of hydrogen-bond acceptors (Lipinski definition) is 3. The Morgan fingerprint density at radius 2 is 1.84 bits per heavy atom. The van der Waals surface area contributed by atoms with Crippen LogP contribution in [0.4, 0.5) is 0 Å². The van der Waals surface area contributed by atoms with Crippen LogP contribution in [0.5, 0.6) is 11.5 Å². The fraction of sp³-hybridized carbons (Fsp3) is 0.625. The molecule has 0 bridgehead atoms. The van der Waals surface area contributed by atoms with Gasteiger partial charge in [0.1, 0.15) is 13.2 Å². The minimum absolute atomic E-state index is 0.586. The lowest BCUT2D eigenvalue weighted by atomic mass is 9.82. The van der Waals surface area contributed by atoms with Crippen molar-refractivity contribution < 1.29 is 9.47 Å². The predicted molar refractivity (Wildman–Crippen MR) is 75.8 cm³/mol. The molecule has 1 fully saturated rings. The van der Waals surface area contributed by atoms with Gasteiger partial charge in [-0.15, -0.1) is 0 Å². The Morgan fingerprint density at radius 1 is 1.11 bits per heavy atom. The van der Waals surface area contributed by atoms with Gasteiger partial charge in [-0.2, -0.15) is 0 Å². The monoisotopic (exact) mass is 261 g/mol. The number of ether oxygens (including phenoxy) is 2. The number of nitrogens with two attached hydrogens (primary N) is 1. The van der Waals surface area contributed by atoms with E-state index < -0.39 is 0 Å². The number of benzene rings is 1. The van der Waals surface area contributed by atoms with Gasteiger partial charge in [-0.25, -0.2) is 0 Å². The highest BCUT2D eigenvalue weighted by Gasteiger charge is 2.26. The van der Waals surface area contributed by atoms with Gasteiger partial charge in [0, 0.05) is 0 Å². The van der Waals surface area contributed by atoms with E-state index in [1.807, 2.05) is 0 Å². The molecule has 2 N–H and O–H groups in total. The molecular weight excluding hydrogens is 238 g/mol. The highest BCUT2D eigenvalue weighted by atomic mass is 16.6. The Bertz CT molecular complexity index is 427. The van der Waals surface area contributed by atoms with E-state index in [9.17, 15) is 0 Å². The second-order valence-electron chi connectivity index (χ2n) is 5.63. The zero-order valence-corrected chi connectivity index (χ0v) is 11.4. The van der Waals surface area contributed by atoms with E-state index in [0.29, 0.717) is 19.1 Å². The Hall–Kier alpha value is -1.22. The molecule has 1 unspecified atom stereocenters. The van der Waals surface area contributed by atoms with Crippen LogP contribution in [0.3, 0.4) is 0 Å². The van der Waals surface area contributed by atoms with Crippen LogP contribution in [0.1, 0.15) is 43.6 Å². The van der Waals surface area contributed by atoms with Gasteiger partial charge in [-0.3, -0.25) is 0 Å². The second kappa shape index (κ2) is 5.83. The summed E-state index contributed by atoms with van der Waals surface area (Å²) in [6, 6.07) is 6.43. The summed E-state index contributed by atoms with van der Waals surface area (Å²) < 4.78 is 11.3. The zero-order valence-electron chi connectivity index (χ0n) is 11.4. The van der Waals surface area contributed by atoms with Crippen molar-refractivity contribution in [3.05, 3.63) is 23.8 Å². The largest absolute Gasteiger partial charge is 0.486 e. The number of hydrogen-bond donors (Lipinski definition) is 1. The summed E-state index contributed by atoms with van der Waals surface area (Å²) in [5, 5.41) is 0. The molecular formula is C16H23NO2. The molecule has 1 aliphatic carbocycles. The van der Waals surface area contributed by atoms with E-state index in [-0.39, 0.29) is 0 Å². The second-order valence-corrected chi connectivity index (χ2v) is 5.63. The van der Waals surface area contributed by atoms with Crippen molar-refractivity contribution in [1.82, 2.24) is 0 Å². The number of fused-ring (bicyclic) bond motifs is 1. The molecule has 1 aromatic rings. The van der Waals surface area contributed by atoms with Crippen molar-refractivity contribution >= 4 is 0 Å². The maximum Gasteiger partial charge on any atom is 0.161 e. The maximum atomic E-state index is 5.82. The van der Waals surface area contributed by atoms with Gasteiger partial charge in [-0.1, -0.05) is 18.9 Å². The van der Waals surface area contributed by atoms with Gasteiger partial charge >= 0.3 is 0 Å². The van der Waals surface area contributed by atoms with Gasteiger partial charge in [0.05, 0.1) is 0 Å². The molecule has 1 heterocycles. The molecule has 1 saturated carbocycles. The molecule has 1 aromatic carbocycles. The van der Waals surface area contributed by atoms with Crippen molar-refractivity contribution in [3.63, 3.8) is 0 Å². The van der Waals surface area contributed by atoms with E-state index in [1.54, 1.807) is 0 Å². The lowest BCUT2D eigenvalue weighted by molar-refractivity contribution is 0.171. The third-order valence-electron chi connectivity index (χ3n) is 4.44. The van der Waals surface area contributed by atoms with E-state index in [2.05, 4.69) is 18.2 Å². The normalized spacial score (nSPS) is 20.5. The van der Waals surface area contributed by atoms with Crippen LogP contribution in [0, 0.1) is 5.92 Å². The van der Waals surface area contributed by atoms with Crippen LogP contribution in [-0.4, -0.2) is 19.8 Å². The number of rotatable bonds is 4. The van der Waals surface area contributed by atoms with Crippen LogP contribution in [0.2, 0.25) is 0 Å². The van der Waals surface area contributed by atoms with Gasteiger partial charge < -0.3 is 15.2 Å². The predicted octanol–water partition coefficient (Wildman–Crippen LogP) is 3.08. The van der Waals surface area contributed by atoms with Crippen molar-refractivity contribution in [1.29, 1.82) is 0 Å². The molecule has 0 amide bonds. The third-order valence-corrected chi connectivity index (χ3v) is 4.44. The van der Waals surface area contributed by atoms with Crippen LogP contribution >= 0.6 is 0 Å². The average molecular weight is 261 g/mol. The molecule has 3 nitrogen and oxygen atoms in total. The van der Waals surface area contributed by atoms with Gasteiger partial charge in [0.25, 0.3) is 0 Å². The Kier molecular flexibility index (Phi) is 3.92. The summed E-state index contributed by atoms with van der Waals surface area (Å²) in [5.41, 5.74) is 7.19. The van der Waals surface area contributed by atoms with Crippen LogP contribution in [0.15, 0.2) is 18.2 Å². The molecule has 0 saturated heterocycles. The first kappa shape index (κ1) is 12.8. The average Bonchev–Trinajstić information content (AvgIpc) is 2.98. The van der Waals surface area contributed by atoms with E-state index >= 15 is 0 Å². The lowest BCUT2D eigenvalue weighted by Gasteiger charge is -2.25. The first-order valence-electron chi connectivity index (χ1n) is 7.48. The van der Waals surface area contributed by atoms with Gasteiger partial charge in [0.2, 0.25) is 0 Å². The molecule has 0 aromatic heterocycles. The molecule has 3 heteroatoms. The molecule has 0 spiro atoms. The van der Waals surface area contributed by atoms with Crippen LogP contribution in [0.25, 0.3) is 0 Å². The zero-order chi connectivity index (χ0) is 13.1. The first-order valence-corrected chi connectivity index (χ1v) is 7.48. The van der Waals surface area contributed by atoms with Crippen LogP contribution in [-0.2, 0) is 0 Å². The first-order chi connectivity index (χ1) is 9.38. The summed E-state index contributed by atoms with van der Waals surface area (Å²) in [4.78, 5) is 0. The maximum absolute atomic E-state index is 5.82. The smallest absolute Gasteiger partial charge is 0.161 e. The molecule has 1 atom stereocenters. The minimum atomic E-state index is 0.586. The standard InChI is InChI=1S/C16H23NO2/c17-8-7-14(12-3-1-2-4-12)13-5-6-15-16(11-13)19-10-9-18-15/h5-6,11-12,14H,1-4,7-10,17H2. The summed E-state index contributed by atoms with van der Waals surface area (Å²) in [5.74, 6) is 3.17. The Balaban J connectivity index is 1.84. The summed E-state index contributed by atoms with van der Waals surface area (Å²) in [7, 11) is 0. The van der Waals surface area contributed by atoms with Crippen molar-refractivity contribution in [2.75, 3.05) is 19.8 Å². The van der Waals surface area contributed by atoms with Crippen molar-refractivity contribution in [2.45, 2.75) is 38.0 Å². The molecule has 0 radical (unpaired) electrons. The molecule has 1 aliphatic heterocycles. The highest BCUT2D eigenvalue weighted by molar-refractivity contribution is 5.45. The van der Waals surface area contributed by atoms with Gasteiger partial charge in [-0.05, 0) is 55.3 Å². The Morgan fingerprint density at radius 3 is 2.58 bits per heavy atom. The molecule has 2 aliphatic rings. The molecule has 19 heavy (non-hydrogen) atoms. The lowest BCUT2D eigenvalue weighted by Crippen LogP contribution is -2.17. The third kappa shape index (κ3) is 2.71. The topological polar surface area (TPSA) is 44.5 Å². The van der Waals surface area contributed by atoms with Gasteiger partial charge in [0.15, 0.2) is 11.5 Å². The summed E-state index contributed by atoms with van der Waals surface area (Å²) >= 11 is 0. The molecule has 104 valence electrons. The minimum Gasteiger partial charge on any atom is -0.486 e. The Labute approximate surface area is 115 Å².